The lowest BCUT2D eigenvalue weighted by molar-refractivity contribution is -0.139. The summed E-state index contributed by atoms with van der Waals surface area (Å²) in [6.07, 6.45) is 0.329. The number of benzene rings is 1. The third kappa shape index (κ3) is 4.35. The van der Waals surface area contributed by atoms with Gasteiger partial charge in [0.1, 0.15) is 11.9 Å². The molecule has 4 nitrogen and oxygen atoms in total. The summed E-state index contributed by atoms with van der Waals surface area (Å²) in [4.78, 5) is 23.0. The van der Waals surface area contributed by atoms with Crippen LogP contribution in [-0.4, -0.2) is 23.0 Å². The number of carboxylic acids is 1. The molecule has 1 rings (SSSR count). The van der Waals surface area contributed by atoms with Crippen molar-refractivity contribution < 1.29 is 19.1 Å². The number of hydrogen-bond acceptors (Lipinski definition) is 2. The first-order chi connectivity index (χ1) is 8.81. The lowest BCUT2D eigenvalue weighted by Gasteiger charge is -2.17. The number of aliphatic carboxylic acids is 1. The first-order valence-electron chi connectivity index (χ1n) is 6.11. The van der Waals surface area contributed by atoms with Crippen LogP contribution < -0.4 is 5.32 Å². The number of carbonyl (C=O) groups is 2. The number of carboxylic acid groups (broad SMARTS) is 1. The number of hydrogen-bond donors (Lipinski definition) is 2. The summed E-state index contributed by atoms with van der Waals surface area (Å²) in [5.41, 5.74) is 0.766. The van der Waals surface area contributed by atoms with Crippen molar-refractivity contribution in [1.29, 1.82) is 0 Å². The first-order valence-corrected chi connectivity index (χ1v) is 6.11. The average Bonchev–Trinajstić information content (AvgIpc) is 2.30. The van der Waals surface area contributed by atoms with Crippen molar-refractivity contribution >= 4 is 11.9 Å². The Labute approximate surface area is 111 Å². The molecule has 19 heavy (non-hydrogen) atoms. The minimum absolute atomic E-state index is 0.134. The third-order valence-corrected chi connectivity index (χ3v) is 2.75. The van der Waals surface area contributed by atoms with Crippen molar-refractivity contribution in [3.05, 3.63) is 35.1 Å². The number of amides is 1. The van der Waals surface area contributed by atoms with Gasteiger partial charge in [0.05, 0.1) is 0 Å². The fourth-order valence-corrected chi connectivity index (χ4v) is 1.77. The van der Waals surface area contributed by atoms with Crippen LogP contribution in [0.25, 0.3) is 0 Å². The molecular weight excluding hydrogens is 249 g/mol. The Balaban J connectivity index is 2.87. The van der Waals surface area contributed by atoms with Gasteiger partial charge in [0, 0.05) is 5.56 Å². The fourth-order valence-electron chi connectivity index (χ4n) is 1.77. The van der Waals surface area contributed by atoms with E-state index in [1.165, 1.54) is 12.1 Å². The Kier molecular flexibility index (Phi) is 5.03. The molecule has 0 aliphatic rings. The SMILES string of the molecule is Cc1ccc(F)cc1C(=O)NC(CC(C)C)C(=O)O. The number of nitrogens with one attached hydrogen (secondary N) is 1. The number of aryl methyl sites for hydroxylation is 1. The Morgan fingerprint density at radius 1 is 1.37 bits per heavy atom. The monoisotopic (exact) mass is 267 g/mol. The van der Waals surface area contributed by atoms with Gasteiger partial charge in [-0.05, 0) is 37.0 Å². The molecule has 5 heteroatoms. The number of rotatable bonds is 5. The number of halogens is 1. The van der Waals surface area contributed by atoms with Crippen molar-refractivity contribution in [3.63, 3.8) is 0 Å². The van der Waals surface area contributed by atoms with Gasteiger partial charge in [-0.2, -0.15) is 0 Å². The normalized spacial score (nSPS) is 12.3. The topological polar surface area (TPSA) is 66.4 Å². The molecule has 104 valence electrons. The number of carbonyl (C=O) groups excluding carboxylic acids is 1. The van der Waals surface area contributed by atoms with Gasteiger partial charge in [-0.15, -0.1) is 0 Å². The van der Waals surface area contributed by atoms with Gasteiger partial charge in [0.15, 0.2) is 0 Å². The molecular formula is C14H18FNO3. The van der Waals surface area contributed by atoms with E-state index in [9.17, 15) is 14.0 Å². The summed E-state index contributed by atoms with van der Waals surface area (Å²) in [6, 6.07) is 2.89. The highest BCUT2D eigenvalue weighted by Crippen LogP contribution is 2.12. The highest BCUT2D eigenvalue weighted by molar-refractivity contribution is 5.97. The van der Waals surface area contributed by atoms with Crippen LogP contribution in [-0.2, 0) is 4.79 Å². The van der Waals surface area contributed by atoms with Crippen LogP contribution in [0.2, 0.25) is 0 Å². The van der Waals surface area contributed by atoms with E-state index < -0.39 is 23.7 Å². The Bertz CT molecular complexity index is 486. The molecule has 1 unspecified atom stereocenters. The maximum Gasteiger partial charge on any atom is 0.326 e. The minimum Gasteiger partial charge on any atom is -0.480 e. The van der Waals surface area contributed by atoms with Gasteiger partial charge >= 0.3 is 5.97 Å². The predicted octanol–water partition coefficient (Wildman–Crippen LogP) is 2.36. The average molecular weight is 267 g/mol. The van der Waals surface area contributed by atoms with E-state index in [2.05, 4.69) is 5.32 Å². The molecule has 1 atom stereocenters. The summed E-state index contributed by atoms with van der Waals surface area (Å²) in [7, 11) is 0. The van der Waals surface area contributed by atoms with E-state index in [-0.39, 0.29) is 11.5 Å². The Morgan fingerprint density at radius 3 is 2.53 bits per heavy atom. The lowest BCUT2D eigenvalue weighted by Crippen LogP contribution is -2.41. The fraction of sp³-hybridized carbons (Fsp3) is 0.429. The molecule has 1 amide bonds. The second-order valence-corrected chi connectivity index (χ2v) is 4.95. The van der Waals surface area contributed by atoms with Crippen LogP contribution in [0.4, 0.5) is 4.39 Å². The molecule has 0 bridgehead atoms. The molecule has 0 spiro atoms. The molecule has 0 saturated carbocycles. The van der Waals surface area contributed by atoms with E-state index in [0.717, 1.165) is 6.07 Å². The van der Waals surface area contributed by atoms with Crippen molar-refractivity contribution in [3.8, 4) is 0 Å². The molecule has 0 aliphatic heterocycles. The highest BCUT2D eigenvalue weighted by Gasteiger charge is 2.22. The quantitative estimate of drug-likeness (QED) is 0.860. The molecule has 0 fully saturated rings. The van der Waals surface area contributed by atoms with Crippen LogP contribution in [0.1, 0.15) is 36.2 Å². The predicted molar refractivity (Wildman–Crippen MR) is 69.5 cm³/mol. The van der Waals surface area contributed by atoms with Gasteiger partial charge in [-0.3, -0.25) is 4.79 Å². The second kappa shape index (κ2) is 6.31. The second-order valence-electron chi connectivity index (χ2n) is 4.95. The zero-order valence-corrected chi connectivity index (χ0v) is 11.2. The van der Waals surface area contributed by atoms with Gasteiger partial charge in [-0.1, -0.05) is 19.9 Å². The van der Waals surface area contributed by atoms with E-state index in [4.69, 9.17) is 5.11 Å². The molecule has 1 aromatic rings. The first kappa shape index (κ1) is 15.1. The van der Waals surface area contributed by atoms with Crippen molar-refractivity contribution in [1.82, 2.24) is 5.32 Å². The van der Waals surface area contributed by atoms with Gasteiger partial charge in [0.25, 0.3) is 5.91 Å². The lowest BCUT2D eigenvalue weighted by atomic mass is 10.0. The molecule has 0 radical (unpaired) electrons. The van der Waals surface area contributed by atoms with Crippen LogP contribution in [0.15, 0.2) is 18.2 Å². The van der Waals surface area contributed by atoms with E-state index in [1.54, 1.807) is 6.92 Å². The molecule has 2 N–H and O–H groups in total. The standard InChI is InChI=1S/C14H18FNO3/c1-8(2)6-12(14(18)19)16-13(17)11-7-10(15)5-4-9(11)3/h4-5,7-8,12H,6H2,1-3H3,(H,16,17)(H,18,19). The van der Waals surface area contributed by atoms with Crippen molar-refractivity contribution in [2.24, 2.45) is 5.92 Å². The third-order valence-electron chi connectivity index (χ3n) is 2.75. The molecule has 0 heterocycles. The minimum atomic E-state index is -1.09. The smallest absolute Gasteiger partial charge is 0.326 e. The van der Waals surface area contributed by atoms with E-state index >= 15 is 0 Å². The summed E-state index contributed by atoms with van der Waals surface area (Å²) in [5, 5.41) is 11.5. The highest BCUT2D eigenvalue weighted by atomic mass is 19.1. The summed E-state index contributed by atoms with van der Waals surface area (Å²) in [6.45, 7) is 5.41. The zero-order chi connectivity index (χ0) is 14.6. The van der Waals surface area contributed by atoms with Crippen LogP contribution in [0.5, 0.6) is 0 Å². The van der Waals surface area contributed by atoms with Crippen LogP contribution >= 0.6 is 0 Å². The summed E-state index contributed by atoms with van der Waals surface area (Å²) in [5.74, 6) is -2.04. The van der Waals surface area contributed by atoms with Gasteiger partial charge in [-0.25, -0.2) is 9.18 Å². The van der Waals surface area contributed by atoms with Gasteiger partial charge in [0.2, 0.25) is 0 Å². The Morgan fingerprint density at radius 2 is 2.00 bits per heavy atom. The molecule has 0 saturated heterocycles. The van der Waals surface area contributed by atoms with Crippen LogP contribution in [0, 0.1) is 18.7 Å². The summed E-state index contributed by atoms with van der Waals surface area (Å²) >= 11 is 0. The zero-order valence-electron chi connectivity index (χ0n) is 11.2. The molecule has 1 aromatic carbocycles. The van der Waals surface area contributed by atoms with Crippen molar-refractivity contribution in [2.75, 3.05) is 0 Å². The maximum atomic E-state index is 13.1. The molecule has 0 aromatic heterocycles. The van der Waals surface area contributed by atoms with Gasteiger partial charge < -0.3 is 10.4 Å². The maximum absolute atomic E-state index is 13.1. The Hall–Kier alpha value is -1.91. The van der Waals surface area contributed by atoms with Crippen LogP contribution in [0.3, 0.4) is 0 Å². The van der Waals surface area contributed by atoms with E-state index in [1.807, 2.05) is 13.8 Å². The summed E-state index contributed by atoms with van der Waals surface area (Å²) < 4.78 is 13.1. The molecule has 0 aliphatic carbocycles. The van der Waals surface area contributed by atoms with Crippen molar-refractivity contribution in [2.45, 2.75) is 33.2 Å². The largest absolute Gasteiger partial charge is 0.480 e. The van der Waals surface area contributed by atoms with E-state index in [0.29, 0.717) is 12.0 Å².